The number of aliphatic hydroxyl groups is 9. The molecule has 3 saturated heterocycles. The molecule has 0 spiro atoms. The van der Waals surface area contributed by atoms with Gasteiger partial charge in [0.25, 0.3) is 0 Å². The van der Waals surface area contributed by atoms with Crippen molar-refractivity contribution >= 4 is 16.9 Å². The summed E-state index contributed by atoms with van der Waals surface area (Å²) in [4.78, 5) is 25.6. The molecular formula is C35H42O21. The number of phenols is 2. The average molecular weight is 799 g/mol. The topological polar surface area (TPSA) is 334 Å². The highest BCUT2D eigenvalue weighted by molar-refractivity contribution is 5.88. The van der Waals surface area contributed by atoms with Crippen molar-refractivity contribution in [3.05, 3.63) is 46.6 Å². The third-order valence-corrected chi connectivity index (χ3v) is 9.57. The first kappa shape index (κ1) is 41.4. The zero-order chi connectivity index (χ0) is 40.7. The van der Waals surface area contributed by atoms with Crippen LogP contribution in [0.25, 0.3) is 22.3 Å². The highest BCUT2D eigenvalue weighted by Crippen LogP contribution is 2.39. The molecule has 15 atom stereocenters. The Morgan fingerprint density at radius 2 is 1.36 bits per heavy atom. The molecule has 0 radical (unpaired) electrons. The van der Waals surface area contributed by atoms with Gasteiger partial charge in [-0.1, -0.05) is 0 Å². The lowest BCUT2D eigenvalue weighted by molar-refractivity contribution is -0.355. The molecule has 3 fully saturated rings. The van der Waals surface area contributed by atoms with Gasteiger partial charge in [0.05, 0.1) is 12.7 Å². The lowest BCUT2D eigenvalue weighted by Crippen LogP contribution is -2.64. The van der Waals surface area contributed by atoms with Crippen LogP contribution in [0.15, 0.2) is 45.6 Å². The second-order valence-corrected chi connectivity index (χ2v) is 13.5. The fraction of sp³-hybridized carbons (Fsp3) is 0.543. The number of aliphatic hydroxyl groups excluding tert-OH is 9. The average Bonchev–Trinajstić information content (AvgIpc) is 3.16. The number of ether oxygens (including phenoxy) is 7. The zero-order valence-corrected chi connectivity index (χ0v) is 29.5. The summed E-state index contributed by atoms with van der Waals surface area (Å²) in [5.74, 6) is -2.94. The summed E-state index contributed by atoms with van der Waals surface area (Å²) in [6.07, 6.45) is -25.5. The number of phenolic OH excluding ortho intramolecular Hbond substituents is 2. The van der Waals surface area contributed by atoms with Crippen LogP contribution in [0.4, 0.5) is 0 Å². The van der Waals surface area contributed by atoms with E-state index in [-0.39, 0.29) is 28.4 Å². The van der Waals surface area contributed by atoms with E-state index in [4.69, 9.17) is 37.6 Å². The molecule has 0 unspecified atom stereocenters. The molecule has 1 aromatic heterocycles. The Kier molecular flexibility index (Phi) is 12.4. The van der Waals surface area contributed by atoms with Crippen LogP contribution >= 0.6 is 0 Å². The second kappa shape index (κ2) is 16.7. The molecule has 6 rings (SSSR count). The van der Waals surface area contributed by atoms with Gasteiger partial charge in [-0.2, -0.15) is 0 Å². The normalized spacial score (nSPS) is 36.2. The van der Waals surface area contributed by atoms with Crippen LogP contribution in [0.5, 0.6) is 23.0 Å². The third-order valence-electron chi connectivity index (χ3n) is 9.57. The highest BCUT2D eigenvalue weighted by atomic mass is 16.8. The van der Waals surface area contributed by atoms with Crippen molar-refractivity contribution in [2.24, 2.45) is 0 Å². The number of rotatable bonds is 10. The number of esters is 1. The van der Waals surface area contributed by atoms with Crippen molar-refractivity contribution in [1.29, 1.82) is 0 Å². The van der Waals surface area contributed by atoms with Gasteiger partial charge in [0, 0.05) is 24.6 Å². The van der Waals surface area contributed by atoms with Gasteiger partial charge >= 0.3 is 5.97 Å². The zero-order valence-electron chi connectivity index (χ0n) is 29.5. The molecule has 0 bridgehead atoms. The molecule has 3 aliphatic heterocycles. The fourth-order valence-electron chi connectivity index (χ4n) is 6.41. The summed E-state index contributed by atoms with van der Waals surface area (Å²) >= 11 is 0. The molecular weight excluding hydrogens is 756 g/mol. The molecule has 0 amide bonds. The van der Waals surface area contributed by atoms with Crippen molar-refractivity contribution in [2.75, 3.05) is 13.2 Å². The summed E-state index contributed by atoms with van der Waals surface area (Å²) in [5.41, 5.74) is -1.28. The van der Waals surface area contributed by atoms with Gasteiger partial charge in [-0.05, 0) is 31.2 Å². The molecule has 0 aliphatic carbocycles. The standard InChI is InChI=1S/C35H42O21/c1-11-21(40)27(46)32(56-34-29(48)25(44)22(41)18(9-36)53-34)35(50-11)55-31-24(43)20-16(39)7-15(8-17(20)52-30(31)13-3-5-14(38)6-4-13)51-33-28(47)26(45)23(42)19(54-33)10-49-12(2)37/h3-8,11,18-19,21-23,25-29,32-36,38-42,44-48H,9-10H2,1-2H3/t11-,18+,19+,21-,22+,23+,25-,26-,27+,28+,29+,32+,33+,34-,35-/m0/s1. The largest absolute Gasteiger partial charge is 0.508 e. The van der Waals surface area contributed by atoms with Crippen molar-refractivity contribution in [3.8, 4) is 34.3 Å². The Bertz CT molecular complexity index is 1900. The van der Waals surface area contributed by atoms with Gasteiger partial charge in [0.1, 0.15) is 95.9 Å². The van der Waals surface area contributed by atoms with Gasteiger partial charge in [-0.15, -0.1) is 0 Å². The molecule has 0 saturated carbocycles. The van der Waals surface area contributed by atoms with Crippen LogP contribution in [0, 0.1) is 0 Å². The van der Waals surface area contributed by atoms with E-state index in [1.165, 1.54) is 31.2 Å². The summed E-state index contributed by atoms with van der Waals surface area (Å²) in [5, 5.41) is 114. The molecule has 2 aromatic carbocycles. The third kappa shape index (κ3) is 8.13. The van der Waals surface area contributed by atoms with Gasteiger partial charge in [0.2, 0.25) is 23.8 Å². The molecule has 11 N–H and O–H groups in total. The lowest BCUT2D eigenvalue weighted by atomic mass is 9.97. The minimum absolute atomic E-state index is 0.106. The Labute approximate surface area is 315 Å². The monoisotopic (exact) mass is 798 g/mol. The molecule has 3 aromatic rings. The van der Waals surface area contributed by atoms with E-state index >= 15 is 0 Å². The SMILES string of the molecule is CC(=O)OC[C@H]1O[C@@H](Oc2cc(O)c3c(=O)c(O[C@@H]4O[C@@H](C)[C@H](O)[C@@H](O)[C@H]4O[C@@H]4O[C@H](CO)[C@@H](O)[C@H](O)[C@H]4O)c(-c4ccc(O)cc4)oc3c2)[C@H](O)[C@@H](O)[C@@H]1O. The summed E-state index contributed by atoms with van der Waals surface area (Å²) in [7, 11) is 0. The van der Waals surface area contributed by atoms with Crippen LogP contribution in [-0.2, 0) is 28.5 Å². The van der Waals surface area contributed by atoms with E-state index in [1.807, 2.05) is 0 Å². The Hall–Kier alpha value is -4.20. The fourth-order valence-corrected chi connectivity index (χ4v) is 6.41. The van der Waals surface area contributed by atoms with E-state index in [0.717, 1.165) is 19.1 Å². The van der Waals surface area contributed by atoms with Crippen LogP contribution < -0.4 is 14.9 Å². The van der Waals surface area contributed by atoms with Crippen LogP contribution in [0.1, 0.15) is 13.8 Å². The van der Waals surface area contributed by atoms with E-state index in [9.17, 15) is 65.8 Å². The first-order chi connectivity index (χ1) is 26.5. The molecule has 56 heavy (non-hydrogen) atoms. The minimum atomic E-state index is -1.95. The van der Waals surface area contributed by atoms with Crippen LogP contribution in [0.3, 0.4) is 0 Å². The summed E-state index contributed by atoms with van der Waals surface area (Å²) in [6.45, 7) is 1.14. The number of carbonyl (C=O) groups excluding carboxylic acids is 1. The number of hydrogen-bond acceptors (Lipinski definition) is 21. The number of fused-ring (bicyclic) bond motifs is 1. The lowest BCUT2D eigenvalue weighted by Gasteiger charge is -2.45. The van der Waals surface area contributed by atoms with Crippen LogP contribution in [-0.4, -0.2) is 167 Å². The van der Waals surface area contributed by atoms with Gasteiger partial charge in [-0.3, -0.25) is 9.59 Å². The predicted molar refractivity (Wildman–Crippen MR) is 181 cm³/mol. The minimum Gasteiger partial charge on any atom is -0.508 e. The maximum absolute atomic E-state index is 14.3. The molecule has 3 aliphatic rings. The quantitative estimate of drug-likeness (QED) is 0.0893. The smallest absolute Gasteiger partial charge is 0.302 e. The number of hydrogen-bond donors (Lipinski definition) is 11. The first-order valence-corrected chi connectivity index (χ1v) is 17.3. The van der Waals surface area contributed by atoms with Crippen LogP contribution in [0.2, 0.25) is 0 Å². The summed E-state index contributed by atoms with van der Waals surface area (Å²) < 4.78 is 45.1. The molecule has 21 heteroatoms. The Morgan fingerprint density at radius 3 is 2.00 bits per heavy atom. The maximum Gasteiger partial charge on any atom is 0.302 e. The van der Waals surface area contributed by atoms with Crippen molar-refractivity contribution in [2.45, 2.75) is 106 Å². The molecule has 308 valence electrons. The Balaban J connectivity index is 1.38. The Morgan fingerprint density at radius 1 is 0.732 bits per heavy atom. The van der Waals surface area contributed by atoms with E-state index in [0.29, 0.717) is 0 Å². The van der Waals surface area contributed by atoms with Crippen molar-refractivity contribution in [1.82, 2.24) is 0 Å². The maximum atomic E-state index is 14.3. The van der Waals surface area contributed by atoms with Gasteiger partial charge < -0.3 is 93.7 Å². The van der Waals surface area contributed by atoms with E-state index < -0.39 is 134 Å². The highest BCUT2D eigenvalue weighted by Gasteiger charge is 2.51. The summed E-state index contributed by atoms with van der Waals surface area (Å²) in [6, 6.07) is 7.21. The predicted octanol–water partition coefficient (Wildman–Crippen LogP) is -3.35. The van der Waals surface area contributed by atoms with E-state index in [2.05, 4.69) is 0 Å². The van der Waals surface area contributed by atoms with Gasteiger partial charge in [0.15, 0.2) is 18.2 Å². The first-order valence-electron chi connectivity index (χ1n) is 17.3. The number of benzene rings is 2. The van der Waals surface area contributed by atoms with Gasteiger partial charge in [-0.25, -0.2) is 0 Å². The molecule has 21 nitrogen and oxygen atoms in total. The number of carbonyl (C=O) groups is 1. The molecule has 4 heterocycles. The second-order valence-electron chi connectivity index (χ2n) is 13.5. The van der Waals surface area contributed by atoms with Crippen molar-refractivity contribution < 1.29 is 98.5 Å². The van der Waals surface area contributed by atoms with Crippen molar-refractivity contribution in [3.63, 3.8) is 0 Å². The van der Waals surface area contributed by atoms with E-state index in [1.54, 1.807) is 0 Å². The number of aromatic hydroxyl groups is 2.